The molecule has 0 aliphatic carbocycles. The third-order valence-corrected chi connectivity index (χ3v) is 4.98. The fourth-order valence-electron chi connectivity index (χ4n) is 2.99. The summed E-state index contributed by atoms with van der Waals surface area (Å²) in [6.07, 6.45) is 5.01. The van der Waals surface area contributed by atoms with Gasteiger partial charge in [0, 0.05) is 17.6 Å². The summed E-state index contributed by atoms with van der Waals surface area (Å²) in [5.41, 5.74) is 6.17. The lowest BCUT2D eigenvalue weighted by Crippen LogP contribution is -2.53. The van der Waals surface area contributed by atoms with Crippen molar-refractivity contribution in [2.24, 2.45) is 5.73 Å². The molecule has 1 saturated heterocycles. The van der Waals surface area contributed by atoms with E-state index in [-0.39, 0.29) is 18.3 Å². The van der Waals surface area contributed by atoms with Gasteiger partial charge in [-0.25, -0.2) is 9.67 Å². The van der Waals surface area contributed by atoms with Gasteiger partial charge in [-0.3, -0.25) is 4.79 Å². The molecule has 6 nitrogen and oxygen atoms in total. The minimum atomic E-state index is -1.01. The summed E-state index contributed by atoms with van der Waals surface area (Å²) in [5, 5.41) is 4.19. The second kappa shape index (κ2) is 7.63. The fraction of sp³-hybridized carbons (Fsp3) is 0.438. The van der Waals surface area contributed by atoms with Gasteiger partial charge in [-0.2, -0.15) is 5.10 Å². The van der Waals surface area contributed by atoms with Crippen molar-refractivity contribution in [3.05, 3.63) is 47.0 Å². The second-order valence-electron chi connectivity index (χ2n) is 6.11. The first kappa shape index (κ1) is 18.9. The van der Waals surface area contributed by atoms with Crippen LogP contribution in [0.1, 0.15) is 31.4 Å². The van der Waals surface area contributed by atoms with Crippen molar-refractivity contribution in [2.45, 2.75) is 31.3 Å². The van der Waals surface area contributed by atoms with Crippen LogP contribution >= 0.6 is 28.3 Å². The van der Waals surface area contributed by atoms with Gasteiger partial charge < -0.3 is 10.6 Å². The largest absolute Gasteiger partial charge is 0.341 e. The van der Waals surface area contributed by atoms with E-state index >= 15 is 0 Å². The molecule has 0 saturated carbocycles. The topological polar surface area (TPSA) is 77.0 Å². The molecule has 8 heteroatoms. The van der Waals surface area contributed by atoms with Gasteiger partial charge in [-0.15, -0.1) is 12.4 Å². The van der Waals surface area contributed by atoms with Crippen molar-refractivity contribution in [3.63, 3.8) is 0 Å². The quantitative estimate of drug-likeness (QED) is 0.837. The Hall–Kier alpha value is -1.44. The van der Waals surface area contributed by atoms with Crippen LogP contribution < -0.4 is 5.73 Å². The number of amides is 1. The molecule has 130 valence electrons. The maximum Gasteiger partial charge on any atom is 0.246 e. The van der Waals surface area contributed by atoms with Gasteiger partial charge in [0.25, 0.3) is 0 Å². The van der Waals surface area contributed by atoms with Gasteiger partial charge in [-0.1, -0.05) is 28.1 Å². The molecule has 24 heavy (non-hydrogen) atoms. The third-order valence-electron chi connectivity index (χ3n) is 4.45. The first-order valence-corrected chi connectivity index (χ1v) is 8.46. The molecule has 1 fully saturated rings. The number of likely N-dealkylation sites (tertiary alicyclic amines) is 1. The molecule has 1 aliphatic heterocycles. The van der Waals surface area contributed by atoms with E-state index in [1.54, 1.807) is 19.6 Å². The third kappa shape index (κ3) is 3.79. The number of nitrogens with two attached hydrogens (primary N) is 1. The SMILES string of the molecule is CC(N)(C(=O)N1CCC(n2cncn2)CC1)c1ccc(Br)cc1.Cl. The number of aromatic nitrogens is 3. The molecule has 1 aliphatic rings. The van der Waals surface area contributed by atoms with E-state index < -0.39 is 5.54 Å². The summed E-state index contributed by atoms with van der Waals surface area (Å²) >= 11 is 3.40. The average molecular weight is 415 g/mol. The number of benzene rings is 1. The summed E-state index contributed by atoms with van der Waals surface area (Å²) in [4.78, 5) is 18.7. The highest BCUT2D eigenvalue weighted by Crippen LogP contribution is 2.27. The van der Waals surface area contributed by atoms with Crippen molar-refractivity contribution < 1.29 is 4.79 Å². The molecular formula is C16H21BrClN5O. The maximum atomic E-state index is 12.9. The molecule has 1 atom stereocenters. The van der Waals surface area contributed by atoms with Crippen molar-refractivity contribution in [2.75, 3.05) is 13.1 Å². The van der Waals surface area contributed by atoms with Crippen LogP contribution in [0.2, 0.25) is 0 Å². The lowest BCUT2D eigenvalue weighted by atomic mass is 9.90. The zero-order valence-electron chi connectivity index (χ0n) is 13.4. The molecule has 3 rings (SSSR count). The van der Waals surface area contributed by atoms with Crippen molar-refractivity contribution in [1.82, 2.24) is 19.7 Å². The number of piperidine rings is 1. The molecule has 2 heterocycles. The summed E-state index contributed by atoms with van der Waals surface area (Å²) in [6, 6.07) is 7.90. The van der Waals surface area contributed by atoms with Crippen LogP contribution in [0.4, 0.5) is 0 Å². The Labute approximate surface area is 156 Å². The van der Waals surface area contributed by atoms with Crippen LogP contribution in [-0.4, -0.2) is 38.7 Å². The zero-order valence-corrected chi connectivity index (χ0v) is 15.8. The van der Waals surface area contributed by atoms with Crippen molar-refractivity contribution >= 4 is 34.2 Å². The monoisotopic (exact) mass is 413 g/mol. The van der Waals surface area contributed by atoms with E-state index in [2.05, 4.69) is 26.0 Å². The van der Waals surface area contributed by atoms with E-state index in [0.717, 1.165) is 22.9 Å². The minimum absolute atomic E-state index is 0. The van der Waals surface area contributed by atoms with E-state index in [1.807, 2.05) is 33.8 Å². The summed E-state index contributed by atoms with van der Waals surface area (Å²) in [7, 11) is 0. The van der Waals surface area contributed by atoms with E-state index in [1.165, 1.54) is 0 Å². The second-order valence-corrected chi connectivity index (χ2v) is 7.02. The number of hydrogen-bond donors (Lipinski definition) is 1. The van der Waals surface area contributed by atoms with Crippen molar-refractivity contribution in [1.29, 1.82) is 0 Å². The molecule has 1 aromatic heterocycles. The molecule has 0 bridgehead atoms. The number of hydrogen-bond acceptors (Lipinski definition) is 4. The van der Waals surface area contributed by atoms with Gasteiger partial charge in [0.05, 0.1) is 6.04 Å². The van der Waals surface area contributed by atoms with Gasteiger partial charge in [-0.05, 0) is 37.5 Å². The lowest BCUT2D eigenvalue weighted by molar-refractivity contribution is -0.138. The van der Waals surface area contributed by atoms with E-state index in [9.17, 15) is 4.79 Å². The fourth-order valence-corrected chi connectivity index (χ4v) is 3.25. The van der Waals surface area contributed by atoms with Crippen LogP contribution in [0.25, 0.3) is 0 Å². The predicted octanol–water partition coefficient (Wildman–Crippen LogP) is 2.50. The molecular weight excluding hydrogens is 394 g/mol. The summed E-state index contributed by atoms with van der Waals surface area (Å²) in [5.74, 6) is -0.0307. The Kier molecular flexibility index (Phi) is 6.01. The standard InChI is InChI=1S/C16H20BrN5O.ClH/c1-16(18,12-2-4-13(17)5-3-12)15(23)21-8-6-14(7-9-21)22-11-19-10-20-22;/h2-5,10-11,14H,6-9,18H2,1H3;1H. The first-order valence-electron chi connectivity index (χ1n) is 7.67. The van der Waals surface area contributed by atoms with Gasteiger partial charge in [0.15, 0.2) is 0 Å². The molecule has 1 unspecified atom stereocenters. The summed E-state index contributed by atoms with van der Waals surface area (Å²) in [6.45, 7) is 3.15. The normalized spacial score (nSPS) is 17.9. The highest BCUT2D eigenvalue weighted by atomic mass is 79.9. The van der Waals surface area contributed by atoms with Crippen LogP contribution in [0.3, 0.4) is 0 Å². The zero-order chi connectivity index (χ0) is 16.4. The van der Waals surface area contributed by atoms with Crippen LogP contribution in [0.15, 0.2) is 41.4 Å². The molecule has 2 aromatic rings. The smallest absolute Gasteiger partial charge is 0.246 e. The van der Waals surface area contributed by atoms with Crippen LogP contribution in [0.5, 0.6) is 0 Å². The molecule has 1 amide bonds. The lowest BCUT2D eigenvalue weighted by Gasteiger charge is -2.37. The molecule has 2 N–H and O–H groups in total. The minimum Gasteiger partial charge on any atom is -0.341 e. The van der Waals surface area contributed by atoms with Gasteiger partial charge in [0.1, 0.15) is 18.2 Å². The Morgan fingerprint density at radius 2 is 1.92 bits per heavy atom. The van der Waals surface area contributed by atoms with E-state index in [4.69, 9.17) is 5.73 Å². The first-order chi connectivity index (χ1) is 11.0. The molecule has 1 aromatic carbocycles. The van der Waals surface area contributed by atoms with Crippen LogP contribution in [0, 0.1) is 0 Å². The Morgan fingerprint density at radius 3 is 2.46 bits per heavy atom. The molecule has 0 radical (unpaired) electrons. The number of halogens is 2. The Balaban J connectivity index is 0.00000208. The van der Waals surface area contributed by atoms with E-state index in [0.29, 0.717) is 19.1 Å². The van der Waals surface area contributed by atoms with Gasteiger partial charge in [0.2, 0.25) is 5.91 Å². The van der Waals surface area contributed by atoms with Crippen molar-refractivity contribution in [3.8, 4) is 0 Å². The number of nitrogens with zero attached hydrogens (tertiary/aromatic N) is 4. The highest BCUT2D eigenvalue weighted by Gasteiger charge is 2.36. The highest BCUT2D eigenvalue weighted by molar-refractivity contribution is 9.10. The predicted molar refractivity (Wildman–Crippen MR) is 97.8 cm³/mol. The van der Waals surface area contributed by atoms with Gasteiger partial charge >= 0.3 is 0 Å². The number of rotatable bonds is 3. The Morgan fingerprint density at radius 1 is 1.29 bits per heavy atom. The molecule has 0 spiro atoms. The Bertz CT molecular complexity index is 666. The number of carbonyl (C=O) groups excluding carboxylic acids is 1. The van der Waals surface area contributed by atoms with Crippen LogP contribution in [-0.2, 0) is 10.3 Å². The summed E-state index contributed by atoms with van der Waals surface area (Å²) < 4.78 is 2.84. The average Bonchev–Trinajstić information content (AvgIpc) is 3.09. The number of carbonyl (C=O) groups is 1. The maximum absolute atomic E-state index is 12.9.